The van der Waals surface area contributed by atoms with Crippen LogP contribution >= 0.6 is 23.2 Å². The zero-order valence-electron chi connectivity index (χ0n) is 17.5. The lowest BCUT2D eigenvalue weighted by Gasteiger charge is -2.30. The van der Waals surface area contributed by atoms with Gasteiger partial charge in [0.05, 0.1) is 20.9 Å². The first-order chi connectivity index (χ1) is 15.2. The number of carbonyl (C=O) groups excluding carboxylic acids is 2. The van der Waals surface area contributed by atoms with E-state index in [1.54, 1.807) is 55.6 Å². The maximum Gasteiger partial charge on any atom is 0.309 e. The Morgan fingerprint density at radius 3 is 2.34 bits per heavy atom. The second-order valence-electron chi connectivity index (χ2n) is 7.60. The van der Waals surface area contributed by atoms with Crippen LogP contribution in [0.2, 0.25) is 10.0 Å². The lowest BCUT2D eigenvalue weighted by Crippen LogP contribution is -2.41. The Morgan fingerprint density at radius 2 is 1.72 bits per heavy atom. The molecule has 0 spiro atoms. The summed E-state index contributed by atoms with van der Waals surface area (Å²) in [5.41, 5.74) is 0.800. The second kappa shape index (κ2) is 10.7. The average molecular weight is 499 g/mol. The summed E-state index contributed by atoms with van der Waals surface area (Å²) < 4.78 is 32.0. The summed E-state index contributed by atoms with van der Waals surface area (Å²) in [7, 11) is -1.98. The Labute approximate surface area is 197 Å². The number of benzene rings is 2. The van der Waals surface area contributed by atoms with Gasteiger partial charge in [0.2, 0.25) is 10.0 Å². The van der Waals surface area contributed by atoms with Crippen LogP contribution in [-0.2, 0) is 30.9 Å². The van der Waals surface area contributed by atoms with Crippen LogP contribution < -0.4 is 0 Å². The van der Waals surface area contributed by atoms with Gasteiger partial charge in [-0.3, -0.25) is 9.59 Å². The maximum atomic E-state index is 12.7. The van der Waals surface area contributed by atoms with Crippen LogP contribution in [-0.4, -0.2) is 56.2 Å². The van der Waals surface area contributed by atoms with Crippen molar-refractivity contribution in [3.05, 3.63) is 64.1 Å². The van der Waals surface area contributed by atoms with Gasteiger partial charge in [-0.05, 0) is 42.7 Å². The number of hydrogen-bond donors (Lipinski definition) is 0. The van der Waals surface area contributed by atoms with Gasteiger partial charge in [-0.2, -0.15) is 4.31 Å². The van der Waals surface area contributed by atoms with Gasteiger partial charge in [0, 0.05) is 26.7 Å². The summed E-state index contributed by atoms with van der Waals surface area (Å²) in [6, 6.07) is 13.3. The summed E-state index contributed by atoms with van der Waals surface area (Å²) in [5.74, 6) is -1.28. The number of hydrogen-bond acceptors (Lipinski definition) is 5. The van der Waals surface area contributed by atoms with E-state index in [1.807, 2.05) is 0 Å². The van der Waals surface area contributed by atoms with Crippen LogP contribution in [0.1, 0.15) is 18.4 Å². The first-order valence-electron chi connectivity index (χ1n) is 10.1. The highest BCUT2D eigenvalue weighted by Crippen LogP contribution is 2.25. The number of nitrogens with zero attached hydrogens (tertiary/aromatic N) is 2. The Hall–Kier alpha value is -2.13. The van der Waals surface area contributed by atoms with E-state index in [2.05, 4.69) is 0 Å². The predicted molar refractivity (Wildman–Crippen MR) is 122 cm³/mol. The van der Waals surface area contributed by atoms with Crippen molar-refractivity contribution in [1.29, 1.82) is 0 Å². The van der Waals surface area contributed by atoms with Crippen LogP contribution in [0.25, 0.3) is 0 Å². The maximum absolute atomic E-state index is 12.7. The number of carbonyl (C=O) groups is 2. The van der Waals surface area contributed by atoms with E-state index in [0.717, 1.165) is 5.56 Å². The molecule has 1 aliphatic rings. The standard InChI is InChI=1S/C22H24Cl2N2O5S/c1-25(14-16-7-8-19(23)20(24)13-16)21(27)15-31-22(28)17-9-11-26(12-10-17)32(29,30)18-5-3-2-4-6-18/h2-8,13,17H,9-12,14-15H2,1H3. The van der Waals surface area contributed by atoms with Gasteiger partial charge < -0.3 is 9.64 Å². The number of esters is 1. The fourth-order valence-corrected chi connectivity index (χ4v) is 5.25. The van der Waals surface area contributed by atoms with Crippen molar-refractivity contribution in [1.82, 2.24) is 9.21 Å². The van der Waals surface area contributed by atoms with Gasteiger partial charge >= 0.3 is 5.97 Å². The zero-order chi connectivity index (χ0) is 23.3. The van der Waals surface area contributed by atoms with Gasteiger partial charge in [-0.25, -0.2) is 8.42 Å². The molecule has 0 bridgehead atoms. The van der Waals surface area contributed by atoms with Crippen molar-refractivity contribution in [3.63, 3.8) is 0 Å². The fraction of sp³-hybridized carbons (Fsp3) is 0.364. The van der Waals surface area contributed by atoms with Crippen LogP contribution in [0.4, 0.5) is 0 Å². The zero-order valence-corrected chi connectivity index (χ0v) is 19.9. The van der Waals surface area contributed by atoms with Gasteiger partial charge in [-0.15, -0.1) is 0 Å². The van der Waals surface area contributed by atoms with Crippen LogP contribution in [0.15, 0.2) is 53.4 Å². The summed E-state index contributed by atoms with van der Waals surface area (Å²) in [5, 5.41) is 0.831. The molecule has 1 aliphatic heterocycles. The molecule has 1 saturated heterocycles. The topological polar surface area (TPSA) is 84.0 Å². The van der Waals surface area contributed by atoms with Gasteiger partial charge in [-0.1, -0.05) is 47.5 Å². The van der Waals surface area contributed by atoms with Gasteiger partial charge in [0.25, 0.3) is 5.91 Å². The molecular formula is C22H24Cl2N2O5S. The molecule has 2 aromatic carbocycles. The van der Waals surface area contributed by atoms with Crippen molar-refractivity contribution in [2.45, 2.75) is 24.3 Å². The van der Waals surface area contributed by atoms with Crippen LogP contribution in [0, 0.1) is 5.92 Å². The molecule has 7 nitrogen and oxygen atoms in total. The third kappa shape index (κ3) is 6.01. The molecule has 32 heavy (non-hydrogen) atoms. The number of likely N-dealkylation sites (N-methyl/N-ethyl adjacent to an activating group) is 1. The molecule has 10 heteroatoms. The predicted octanol–water partition coefficient (Wildman–Crippen LogP) is 3.60. The molecule has 1 fully saturated rings. The van der Waals surface area contributed by atoms with Crippen molar-refractivity contribution in [2.24, 2.45) is 5.92 Å². The molecule has 0 radical (unpaired) electrons. The Bertz CT molecular complexity index is 1070. The third-order valence-corrected chi connectivity index (χ3v) is 7.99. The highest BCUT2D eigenvalue weighted by Gasteiger charge is 2.33. The molecule has 0 atom stereocenters. The molecule has 0 saturated carbocycles. The normalized spacial score (nSPS) is 15.3. The summed E-state index contributed by atoms with van der Waals surface area (Å²) >= 11 is 11.9. The molecule has 0 aliphatic carbocycles. The Kier molecular flexibility index (Phi) is 8.16. The molecular weight excluding hydrogens is 475 g/mol. The smallest absolute Gasteiger partial charge is 0.309 e. The number of rotatable bonds is 7. The molecule has 0 unspecified atom stereocenters. The number of halogens is 2. The highest BCUT2D eigenvalue weighted by molar-refractivity contribution is 7.89. The molecule has 1 amide bonds. The molecule has 172 valence electrons. The molecule has 0 aromatic heterocycles. The van der Waals surface area contributed by atoms with Crippen LogP contribution in [0.3, 0.4) is 0 Å². The minimum Gasteiger partial charge on any atom is -0.455 e. The van der Waals surface area contributed by atoms with E-state index in [-0.39, 0.29) is 30.5 Å². The number of piperidine rings is 1. The SMILES string of the molecule is CN(Cc1ccc(Cl)c(Cl)c1)C(=O)COC(=O)C1CCN(S(=O)(=O)c2ccccc2)CC1. The monoisotopic (exact) mass is 498 g/mol. The van der Waals surface area contributed by atoms with E-state index >= 15 is 0 Å². The van der Waals surface area contributed by atoms with E-state index in [9.17, 15) is 18.0 Å². The van der Waals surface area contributed by atoms with Crippen molar-refractivity contribution < 1.29 is 22.7 Å². The summed E-state index contributed by atoms with van der Waals surface area (Å²) in [6.07, 6.45) is 0.691. The minimum absolute atomic E-state index is 0.224. The Morgan fingerprint density at radius 1 is 1.06 bits per heavy atom. The Balaban J connectivity index is 1.46. The molecule has 3 rings (SSSR count). The quantitative estimate of drug-likeness (QED) is 0.544. The first kappa shape index (κ1) is 24.5. The highest BCUT2D eigenvalue weighted by atomic mass is 35.5. The van der Waals surface area contributed by atoms with Crippen LogP contribution in [0.5, 0.6) is 0 Å². The number of ether oxygens (including phenoxy) is 1. The lowest BCUT2D eigenvalue weighted by molar-refractivity contribution is -0.156. The van der Waals surface area contributed by atoms with E-state index in [1.165, 1.54) is 9.21 Å². The number of amides is 1. The number of sulfonamides is 1. The van der Waals surface area contributed by atoms with E-state index < -0.39 is 21.9 Å². The average Bonchev–Trinajstić information content (AvgIpc) is 2.80. The second-order valence-corrected chi connectivity index (χ2v) is 10.3. The van der Waals surface area contributed by atoms with Crippen molar-refractivity contribution >= 4 is 45.1 Å². The molecule has 1 heterocycles. The minimum atomic E-state index is -3.58. The molecule has 2 aromatic rings. The van der Waals surface area contributed by atoms with Gasteiger partial charge in [0.15, 0.2) is 6.61 Å². The van der Waals surface area contributed by atoms with E-state index in [0.29, 0.717) is 29.4 Å². The van der Waals surface area contributed by atoms with Crippen molar-refractivity contribution in [2.75, 3.05) is 26.7 Å². The summed E-state index contributed by atoms with van der Waals surface area (Å²) in [6.45, 7) is 0.368. The third-order valence-electron chi connectivity index (χ3n) is 5.34. The van der Waals surface area contributed by atoms with Crippen molar-refractivity contribution in [3.8, 4) is 0 Å². The van der Waals surface area contributed by atoms with E-state index in [4.69, 9.17) is 27.9 Å². The molecule has 0 N–H and O–H groups in total. The lowest BCUT2D eigenvalue weighted by atomic mass is 9.98. The first-order valence-corrected chi connectivity index (χ1v) is 12.3. The fourth-order valence-electron chi connectivity index (χ4n) is 3.43. The summed E-state index contributed by atoms with van der Waals surface area (Å²) in [4.78, 5) is 26.4. The largest absolute Gasteiger partial charge is 0.455 e. The van der Waals surface area contributed by atoms with Gasteiger partial charge in [0.1, 0.15) is 0 Å².